The second-order valence-electron chi connectivity index (χ2n) is 5.16. The average molecular weight is 312 g/mol. The Morgan fingerprint density at radius 2 is 2.17 bits per heavy atom. The zero-order valence-electron chi connectivity index (χ0n) is 10.7. The van der Waals surface area contributed by atoms with Crippen molar-refractivity contribution in [2.75, 3.05) is 0 Å². The Morgan fingerprint density at radius 1 is 1.39 bits per heavy atom. The molecule has 18 heavy (non-hydrogen) atoms. The highest BCUT2D eigenvalue weighted by molar-refractivity contribution is 9.10. The monoisotopic (exact) mass is 311 g/mol. The summed E-state index contributed by atoms with van der Waals surface area (Å²) in [4.78, 5) is 16.0. The number of hydrogen-bond acceptors (Lipinski definition) is 3. The Labute approximate surface area is 116 Å². The maximum absolute atomic E-state index is 12.0. The fraction of sp³-hybridized carbons (Fsp3) is 0.571. The summed E-state index contributed by atoms with van der Waals surface area (Å²) >= 11 is 3.25. The van der Waals surface area contributed by atoms with Gasteiger partial charge in [0.25, 0.3) is 0 Å². The van der Waals surface area contributed by atoms with Gasteiger partial charge in [0, 0.05) is 6.20 Å². The Kier molecular flexibility index (Phi) is 4.38. The Balaban J connectivity index is 1.96. The summed E-state index contributed by atoms with van der Waals surface area (Å²) in [6.07, 6.45) is 4.75. The topological polar surface area (TPSA) is 39.2 Å². The van der Waals surface area contributed by atoms with Gasteiger partial charge in [0.15, 0.2) is 0 Å². The molecule has 0 aromatic carbocycles. The number of esters is 1. The standard InChI is InChI=1S/C14H18BrNO2/c1-9-3-4-12(7-10(9)2)18-14(17)11-5-6-16-13(15)8-11/h5-6,8-10,12H,3-4,7H2,1-2H3. The number of rotatable bonds is 2. The summed E-state index contributed by atoms with van der Waals surface area (Å²) in [6.45, 7) is 4.50. The molecule has 3 nitrogen and oxygen atoms in total. The number of ether oxygens (including phenoxy) is 1. The molecule has 3 unspecified atom stereocenters. The van der Waals surface area contributed by atoms with Crippen LogP contribution in [0.2, 0.25) is 0 Å². The van der Waals surface area contributed by atoms with E-state index in [1.54, 1.807) is 18.3 Å². The predicted molar refractivity (Wildman–Crippen MR) is 73.3 cm³/mol. The van der Waals surface area contributed by atoms with Gasteiger partial charge in [-0.05, 0) is 59.2 Å². The maximum atomic E-state index is 12.0. The van der Waals surface area contributed by atoms with E-state index in [-0.39, 0.29) is 12.1 Å². The van der Waals surface area contributed by atoms with E-state index in [0.29, 0.717) is 16.1 Å². The molecule has 0 amide bonds. The molecule has 1 aliphatic rings. The van der Waals surface area contributed by atoms with Crippen LogP contribution in [0, 0.1) is 11.8 Å². The van der Waals surface area contributed by atoms with Gasteiger partial charge < -0.3 is 4.74 Å². The molecular weight excluding hydrogens is 294 g/mol. The largest absolute Gasteiger partial charge is 0.459 e. The van der Waals surface area contributed by atoms with Crippen molar-refractivity contribution in [3.8, 4) is 0 Å². The number of hydrogen-bond donors (Lipinski definition) is 0. The van der Waals surface area contributed by atoms with Crippen molar-refractivity contribution < 1.29 is 9.53 Å². The number of aromatic nitrogens is 1. The van der Waals surface area contributed by atoms with Gasteiger partial charge in [-0.2, -0.15) is 0 Å². The van der Waals surface area contributed by atoms with Crippen molar-refractivity contribution in [1.29, 1.82) is 0 Å². The molecule has 98 valence electrons. The van der Waals surface area contributed by atoms with E-state index in [9.17, 15) is 4.79 Å². The first kappa shape index (κ1) is 13.5. The number of pyridine rings is 1. The molecule has 1 fully saturated rings. The number of carbonyl (C=O) groups excluding carboxylic acids is 1. The highest BCUT2D eigenvalue weighted by Crippen LogP contribution is 2.31. The van der Waals surface area contributed by atoms with Gasteiger partial charge in [0.2, 0.25) is 0 Å². The molecule has 1 aromatic rings. The van der Waals surface area contributed by atoms with E-state index < -0.39 is 0 Å². The summed E-state index contributed by atoms with van der Waals surface area (Å²) in [5.74, 6) is 1.11. The molecule has 0 saturated heterocycles. The van der Waals surface area contributed by atoms with E-state index in [1.807, 2.05) is 0 Å². The fourth-order valence-corrected chi connectivity index (χ4v) is 2.72. The third-order valence-electron chi connectivity index (χ3n) is 3.79. The second-order valence-corrected chi connectivity index (χ2v) is 5.97. The van der Waals surface area contributed by atoms with Crippen LogP contribution >= 0.6 is 15.9 Å². The van der Waals surface area contributed by atoms with Gasteiger partial charge in [-0.3, -0.25) is 0 Å². The van der Waals surface area contributed by atoms with Crippen molar-refractivity contribution in [3.05, 3.63) is 28.5 Å². The van der Waals surface area contributed by atoms with Crippen molar-refractivity contribution in [2.45, 2.75) is 39.2 Å². The predicted octanol–water partition coefficient (Wildman–Crippen LogP) is 3.83. The molecule has 3 atom stereocenters. The van der Waals surface area contributed by atoms with Crippen LogP contribution in [0.4, 0.5) is 0 Å². The van der Waals surface area contributed by atoms with Gasteiger partial charge in [-0.1, -0.05) is 13.8 Å². The quantitative estimate of drug-likeness (QED) is 0.615. The lowest BCUT2D eigenvalue weighted by Gasteiger charge is -2.31. The van der Waals surface area contributed by atoms with E-state index in [1.165, 1.54) is 0 Å². The van der Waals surface area contributed by atoms with Crippen molar-refractivity contribution in [1.82, 2.24) is 4.98 Å². The minimum absolute atomic E-state index is 0.0654. The first-order chi connectivity index (χ1) is 8.56. The van der Waals surface area contributed by atoms with Gasteiger partial charge >= 0.3 is 5.97 Å². The summed E-state index contributed by atoms with van der Waals surface area (Å²) in [5, 5.41) is 0. The van der Waals surface area contributed by atoms with Crippen LogP contribution in [0.15, 0.2) is 22.9 Å². The Morgan fingerprint density at radius 3 is 2.83 bits per heavy atom. The maximum Gasteiger partial charge on any atom is 0.338 e. The van der Waals surface area contributed by atoms with Crippen molar-refractivity contribution >= 4 is 21.9 Å². The third kappa shape index (κ3) is 3.31. The fourth-order valence-electron chi connectivity index (χ4n) is 2.35. The molecule has 1 aliphatic carbocycles. The summed E-state index contributed by atoms with van der Waals surface area (Å²) in [5.41, 5.74) is 0.558. The van der Waals surface area contributed by atoms with Gasteiger partial charge in [-0.15, -0.1) is 0 Å². The van der Waals surface area contributed by atoms with Crippen LogP contribution < -0.4 is 0 Å². The van der Waals surface area contributed by atoms with Crippen molar-refractivity contribution in [3.63, 3.8) is 0 Å². The summed E-state index contributed by atoms with van der Waals surface area (Å²) in [7, 11) is 0. The Bertz CT molecular complexity index is 436. The zero-order valence-corrected chi connectivity index (χ0v) is 12.3. The van der Waals surface area contributed by atoms with Crippen LogP contribution in [0.1, 0.15) is 43.5 Å². The molecule has 0 radical (unpaired) electrons. The van der Waals surface area contributed by atoms with Crippen LogP contribution in [0.25, 0.3) is 0 Å². The van der Waals surface area contributed by atoms with Gasteiger partial charge in [0.05, 0.1) is 5.56 Å². The molecule has 1 saturated carbocycles. The summed E-state index contributed by atoms with van der Waals surface area (Å²) in [6, 6.07) is 3.37. The van der Waals surface area contributed by atoms with E-state index >= 15 is 0 Å². The average Bonchev–Trinajstić information content (AvgIpc) is 2.34. The van der Waals surface area contributed by atoms with Crippen LogP contribution in [-0.4, -0.2) is 17.1 Å². The molecule has 0 bridgehead atoms. The molecule has 1 aromatic heterocycles. The first-order valence-corrected chi connectivity index (χ1v) is 7.18. The highest BCUT2D eigenvalue weighted by atomic mass is 79.9. The second kappa shape index (κ2) is 5.83. The lowest BCUT2D eigenvalue weighted by molar-refractivity contribution is 0.00877. The SMILES string of the molecule is CC1CCC(OC(=O)c2ccnc(Br)c2)CC1C. The number of carbonyl (C=O) groups is 1. The van der Waals surface area contributed by atoms with Gasteiger partial charge in [-0.25, -0.2) is 9.78 Å². The molecule has 0 aliphatic heterocycles. The van der Waals surface area contributed by atoms with Gasteiger partial charge in [0.1, 0.15) is 10.7 Å². The number of nitrogens with zero attached hydrogens (tertiary/aromatic N) is 1. The first-order valence-electron chi connectivity index (χ1n) is 6.39. The minimum atomic E-state index is -0.246. The molecule has 4 heteroatoms. The lowest BCUT2D eigenvalue weighted by atomic mass is 9.80. The van der Waals surface area contributed by atoms with E-state index in [4.69, 9.17) is 4.74 Å². The van der Waals surface area contributed by atoms with Crippen LogP contribution in [0.5, 0.6) is 0 Å². The molecule has 2 rings (SSSR count). The highest BCUT2D eigenvalue weighted by Gasteiger charge is 2.27. The third-order valence-corrected chi connectivity index (χ3v) is 4.22. The van der Waals surface area contributed by atoms with Crippen molar-refractivity contribution in [2.24, 2.45) is 11.8 Å². The minimum Gasteiger partial charge on any atom is -0.459 e. The Hall–Kier alpha value is -0.900. The molecule has 0 N–H and O–H groups in total. The lowest BCUT2D eigenvalue weighted by Crippen LogP contribution is -2.28. The number of halogens is 1. The molecule has 1 heterocycles. The smallest absolute Gasteiger partial charge is 0.338 e. The van der Waals surface area contributed by atoms with Crippen LogP contribution in [0.3, 0.4) is 0 Å². The zero-order chi connectivity index (χ0) is 13.1. The summed E-state index contributed by atoms with van der Waals surface area (Å²) < 4.78 is 6.22. The normalized spacial score (nSPS) is 27.8. The molecule has 0 spiro atoms. The molecular formula is C14H18BrNO2. The van der Waals surface area contributed by atoms with E-state index in [2.05, 4.69) is 34.8 Å². The van der Waals surface area contributed by atoms with Crippen LogP contribution in [-0.2, 0) is 4.74 Å². The van der Waals surface area contributed by atoms with E-state index in [0.717, 1.165) is 25.2 Å².